The zero-order valence-corrected chi connectivity index (χ0v) is 19.3. The Morgan fingerprint density at radius 2 is 1.29 bits per heavy atom. The topological polar surface area (TPSA) is 72.0 Å². The molecule has 4 aromatic rings. The molecule has 0 aliphatic heterocycles. The van der Waals surface area contributed by atoms with Crippen LogP contribution in [0.5, 0.6) is 11.5 Å². The smallest absolute Gasteiger partial charge is 0.259 e. The summed E-state index contributed by atoms with van der Waals surface area (Å²) < 4.78 is 12.1. The van der Waals surface area contributed by atoms with E-state index < -0.39 is 0 Å². The highest BCUT2D eigenvalue weighted by Crippen LogP contribution is 2.29. The van der Waals surface area contributed by atoms with Crippen molar-refractivity contribution in [2.45, 2.75) is 13.2 Å². The number of para-hydroxylation sites is 1. The predicted octanol–water partition coefficient (Wildman–Crippen LogP) is 5.41. The van der Waals surface area contributed by atoms with E-state index in [0.29, 0.717) is 24.7 Å². The molecule has 0 bridgehead atoms. The molecule has 4 rings (SSSR count). The lowest BCUT2D eigenvalue weighted by molar-refractivity contribution is -0.119. The van der Waals surface area contributed by atoms with E-state index >= 15 is 0 Å². The molecule has 0 fully saturated rings. The second-order valence-electron chi connectivity index (χ2n) is 7.77. The van der Waals surface area contributed by atoms with E-state index in [2.05, 4.69) is 15.8 Å². The molecular formula is C29H27N3O3. The number of carbonyl (C=O) groups excluding carboxylic acids is 1. The number of anilines is 1. The van der Waals surface area contributed by atoms with Crippen LogP contribution in [0.2, 0.25) is 0 Å². The van der Waals surface area contributed by atoms with Crippen LogP contribution >= 0.6 is 0 Å². The minimum Gasteiger partial charge on any atom is -0.485 e. The van der Waals surface area contributed by atoms with Crippen LogP contribution in [0.1, 0.15) is 16.7 Å². The molecule has 2 N–H and O–H groups in total. The van der Waals surface area contributed by atoms with E-state index in [4.69, 9.17) is 9.47 Å². The lowest BCUT2D eigenvalue weighted by Crippen LogP contribution is -2.25. The molecule has 0 spiro atoms. The van der Waals surface area contributed by atoms with Crippen molar-refractivity contribution in [3.8, 4) is 11.5 Å². The molecule has 176 valence electrons. The fourth-order valence-corrected chi connectivity index (χ4v) is 3.26. The third kappa shape index (κ3) is 7.75. The van der Waals surface area contributed by atoms with Gasteiger partial charge in [-0.1, -0.05) is 78.9 Å². The first-order valence-corrected chi connectivity index (χ1v) is 11.3. The average Bonchev–Trinajstić information content (AvgIpc) is 2.92. The van der Waals surface area contributed by atoms with Crippen LogP contribution in [0.15, 0.2) is 114 Å². The summed E-state index contributed by atoms with van der Waals surface area (Å²) in [5.41, 5.74) is 6.31. The Hall–Kier alpha value is -4.58. The summed E-state index contributed by atoms with van der Waals surface area (Å²) in [6.45, 7) is 0.963. The third-order valence-electron chi connectivity index (χ3n) is 5.07. The molecule has 6 heteroatoms. The molecule has 4 aromatic carbocycles. The Morgan fingerprint density at radius 1 is 0.714 bits per heavy atom. The third-order valence-corrected chi connectivity index (χ3v) is 5.07. The summed E-state index contributed by atoms with van der Waals surface area (Å²) >= 11 is 0. The number of hydrazone groups is 1. The highest BCUT2D eigenvalue weighted by molar-refractivity contribution is 5.84. The van der Waals surface area contributed by atoms with Crippen LogP contribution in [0.3, 0.4) is 0 Å². The standard InChI is InChI=1S/C29H27N3O3/c33-29(20-30-26-14-8-3-9-15-26)32-31-19-25-16-17-27(34-21-23-10-4-1-5-11-23)28(18-25)35-22-24-12-6-2-7-13-24/h1-19,30H,20-22H2,(H,32,33)/b31-19+. The minimum atomic E-state index is -0.242. The Kier molecular flexibility index (Phi) is 8.49. The van der Waals surface area contributed by atoms with Crippen molar-refractivity contribution in [3.05, 3.63) is 126 Å². The van der Waals surface area contributed by atoms with Gasteiger partial charge in [-0.3, -0.25) is 4.79 Å². The predicted molar refractivity (Wildman–Crippen MR) is 139 cm³/mol. The number of nitrogens with zero attached hydrogens (tertiary/aromatic N) is 1. The molecule has 0 atom stereocenters. The molecule has 0 aliphatic rings. The molecule has 0 aromatic heterocycles. The van der Waals surface area contributed by atoms with Gasteiger partial charge in [-0.15, -0.1) is 0 Å². The average molecular weight is 466 g/mol. The number of benzene rings is 4. The number of amides is 1. The maximum atomic E-state index is 12.1. The van der Waals surface area contributed by atoms with Crippen LogP contribution in [-0.4, -0.2) is 18.7 Å². The number of rotatable bonds is 11. The molecular weight excluding hydrogens is 438 g/mol. The number of hydrogen-bond donors (Lipinski definition) is 2. The van der Waals surface area contributed by atoms with Gasteiger partial charge in [0.1, 0.15) is 13.2 Å². The van der Waals surface area contributed by atoms with Gasteiger partial charge in [0.25, 0.3) is 5.91 Å². The monoisotopic (exact) mass is 465 g/mol. The van der Waals surface area contributed by atoms with Gasteiger partial charge in [-0.2, -0.15) is 5.10 Å². The Bertz CT molecular complexity index is 1230. The van der Waals surface area contributed by atoms with Crippen LogP contribution in [0, 0.1) is 0 Å². The van der Waals surface area contributed by atoms with E-state index in [9.17, 15) is 4.79 Å². The van der Waals surface area contributed by atoms with Gasteiger partial charge in [-0.05, 0) is 47.0 Å². The Balaban J connectivity index is 1.39. The first-order valence-electron chi connectivity index (χ1n) is 11.3. The molecule has 0 aliphatic carbocycles. The first-order chi connectivity index (χ1) is 17.3. The van der Waals surface area contributed by atoms with E-state index in [0.717, 1.165) is 22.4 Å². The fraction of sp³-hybridized carbons (Fsp3) is 0.103. The molecule has 0 unspecified atom stereocenters. The lowest BCUT2D eigenvalue weighted by atomic mass is 10.2. The first kappa shape index (κ1) is 23.6. The van der Waals surface area contributed by atoms with E-state index in [1.165, 1.54) is 0 Å². The molecule has 1 amide bonds. The maximum Gasteiger partial charge on any atom is 0.259 e. The minimum absolute atomic E-state index is 0.124. The zero-order valence-electron chi connectivity index (χ0n) is 19.3. The number of ether oxygens (including phenoxy) is 2. The lowest BCUT2D eigenvalue weighted by Gasteiger charge is -2.14. The van der Waals surface area contributed by atoms with Gasteiger partial charge in [0, 0.05) is 5.69 Å². The molecule has 6 nitrogen and oxygen atoms in total. The van der Waals surface area contributed by atoms with Gasteiger partial charge in [0.2, 0.25) is 0 Å². The number of hydrogen-bond acceptors (Lipinski definition) is 5. The van der Waals surface area contributed by atoms with Gasteiger partial charge in [0.15, 0.2) is 11.5 Å². The van der Waals surface area contributed by atoms with Crippen molar-refractivity contribution >= 4 is 17.8 Å². The highest BCUT2D eigenvalue weighted by atomic mass is 16.5. The second kappa shape index (κ2) is 12.6. The summed E-state index contributed by atoms with van der Waals surface area (Å²) in [5.74, 6) is 0.998. The molecule has 0 saturated carbocycles. The normalized spacial score (nSPS) is 10.6. The molecule has 0 heterocycles. The Morgan fingerprint density at radius 3 is 1.91 bits per heavy atom. The van der Waals surface area contributed by atoms with Crippen molar-refractivity contribution < 1.29 is 14.3 Å². The van der Waals surface area contributed by atoms with Crippen LogP contribution < -0.4 is 20.2 Å². The SMILES string of the molecule is O=C(CNc1ccccc1)N/N=C/c1ccc(OCc2ccccc2)c(OCc2ccccc2)c1. The van der Waals surface area contributed by atoms with Crippen LogP contribution in [-0.2, 0) is 18.0 Å². The Labute approximate surface area is 205 Å². The van der Waals surface area contributed by atoms with Crippen molar-refractivity contribution in [2.24, 2.45) is 5.10 Å². The summed E-state index contributed by atoms with van der Waals surface area (Å²) in [6.07, 6.45) is 1.58. The van der Waals surface area contributed by atoms with E-state index in [1.54, 1.807) is 6.21 Å². The summed E-state index contributed by atoms with van der Waals surface area (Å²) in [4.78, 5) is 12.1. The second-order valence-corrected chi connectivity index (χ2v) is 7.77. The van der Waals surface area contributed by atoms with Gasteiger partial charge < -0.3 is 14.8 Å². The molecule has 0 saturated heterocycles. The quantitative estimate of drug-likeness (QED) is 0.230. The van der Waals surface area contributed by atoms with Gasteiger partial charge >= 0.3 is 0 Å². The van der Waals surface area contributed by atoms with Gasteiger partial charge in [0.05, 0.1) is 12.8 Å². The van der Waals surface area contributed by atoms with Crippen LogP contribution in [0.4, 0.5) is 5.69 Å². The highest BCUT2D eigenvalue weighted by Gasteiger charge is 2.08. The van der Waals surface area contributed by atoms with Crippen molar-refractivity contribution in [1.82, 2.24) is 5.43 Å². The summed E-state index contributed by atoms with van der Waals surface area (Å²) in [6, 6.07) is 35.0. The molecule has 0 radical (unpaired) electrons. The number of carbonyl (C=O) groups is 1. The largest absolute Gasteiger partial charge is 0.485 e. The van der Waals surface area contributed by atoms with E-state index in [-0.39, 0.29) is 12.5 Å². The summed E-state index contributed by atoms with van der Waals surface area (Å²) in [5, 5.41) is 7.12. The van der Waals surface area contributed by atoms with Crippen molar-refractivity contribution in [3.63, 3.8) is 0 Å². The van der Waals surface area contributed by atoms with Gasteiger partial charge in [-0.25, -0.2) is 5.43 Å². The summed E-state index contributed by atoms with van der Waals surface area (Å²) in [7, 11) is 0. The van der Waals surface area contributed by atoms with Crippen molar-refractivity contribution in [2.75, 3.05) is 11.9 Å². The maximum absolute atomic E-state index is 12.1. The number of nitrogens with one attached hydrogen (secondary N) is 2. The van der Waals surface area contributed by atoms with E-state index in [1.807, 2.05) is 109 Å². The fourth-order valence-electron chi connectivity index (χ4n) is 3.26. The van der Waals surface area contributed by atoms with Crippen LogP contribution in [0.25, 0.3) is 0 Å². The molecule has 35 heavy (non-hydrogen) atoms. The zero-order chi connectivity index (χ0) is 24.1. The van der Waals surface area contributed by atoms with Crippen molar-refractivity contribution in [1.29, 1.82) is 0 Å².